The van der Waals surface area contributed by atoms with Crippen LogP contribution in [0.5, 0.6) is 5.75 Å². The fourth-order valence-electron chi connectivity index (χ4n) is 1.38. The molecule has 0 spiro atoms. The van der Waals surface area contributed by atoms with Crippen molar-refractivity contribution in [2.75, 3.05) is 13.7 Å². The van der Waals surface area contributed by atoms with Crippen molar-refractivity contribution in [2.45, 2.75) is 19.8 Å². The molecule has 0 radical (unpaired) electrons. The van der Waals surface area contributed by atoms with E-state index in [4.69, 9.17) is 21.4 Å². The molecule has 14 heavy (non-hydrogen) atoms. The Balaban J connectivity index is 2.95. The maximum absolute atomic E-state index is 8.74. The highest BCUT2D eigenvalue weighted by Gasteiger charge is 2.06. The van der Waals surface area contributed by atoms with E-state index in [9.17, 15) is 0 Å². The molecule has 0 aliphatic rings. The van der Waals surface area contributed by atoms with E-state index in [1.165, 1.54) is 0 Å². The Kier molecular flexibility index (Phi) is 4.23. The molecule has 78 valence electrons. The summed E-state index contributed by atoms with van der Waals surface area (Å²) in [6.45, 7) is 2.14. The van der Waals surface area contributed by atoms with Crippen molar-refractivity contribution in [3.05, 3.63) is 28.3 Å². The van der Waals surface area contributed by atoms with Crippen molar-refractivity contribution in [1.82, 2.24) is 0 Å². The highest BCUT2D eigenvalue weighted by molar-refractivity contribution is 6.32. The molecule has 0 aliphatic heterocycles. The van der Waals surface area contributed by atoms with Crippen molar-refractivity contribution >= 4 is 11.6 Å². The molecule has 0 atom stereocenters. The van der Waals surface area contributed by atoms with Crippen molar-refractivity contribution in [3.63, 3.8) is 0 Å². The summed E-state index contributed by atoms with van der Waals surface area (Å²) >= 11 is 6.12. The zero-order chi connectivity index (χ0) is 10.6. The number of hydrogen-bond acceptors (Lipinski definition) is 2. The Morgan fingerprint density at radius 1 is 1.43 bits per heavy atom. The number of aliphatic hydroxyl groups excluding tert-OH is 1. The van der Waals surface area contributed by atoms with Crippen molar-refractivity contribution < 1.29 is 9.84 Å². The van der Waals surface area contributed by atoms with Crippen molar-refractivity contribution in [3.8, 4) is 5.75 Å². The van der Waals surface area contributed by atoms with Gasteiger partial charge in [-0.15, -0.1) is 0 Å². The maximum Gasteiger partial charge on any atom is 0.119 e. The van der Waals surface area contributed by atoms with Gasteiger partial charge >= 0.3 is 0 Å². The predicted octanol–water partition coefficient (Wildman–Crippen LogP) is 2.58. The molecule has 1 rings (SSSR count). The summed E-state index contributed by atoms with van der Waals surface area (Å²) in [6.07, 6.45) is 1.51. The third-order valence-electron chi connectivity index (χ3n) is 2.14. The van der Waals surface area contributed by atoms with Crippen LogP contribution in [0.25, 0.3) is 0 Å². The first-order valence-corrected chi connectivity index (χ1v) is 5.00. The van der Waals surface area contributed by atoms with Gasteiger partial charge < -0.3 is 9.84 Å². The molecule has 1 aromatic rings. The van der Waals surface area contributed by atoms with Crippen LogP contribution in [0, 0.1) is 6.92 Å². The first-order chi connectivity index (χ1) is 6.69. The average molecular weight is 215 g/mol. The quantitative estimate of drug-likeness (QED) is 0.835. The van der Waals surface area contributed by atoms with Crippen LogP contribution in [0.3, 0.4) is 0 Å². The number of aliphatic hydroxyl groups is 1. The lowest BCUT2D eigenvalue weighted by atomic mass is 10.1. The molecule has 0 saturated carbocycles. The lowest BCUT2D eigenvalue weighted by Crippen LogP contribution is -1.94. The van der Waals surface area contributed by atoms with E-state index in [0.29, 0.717) is 0 Å². The molecule has 0 amide bonds. The van der Waals surface area contributed by atoms with Gasteiger partial charge in [0, 0.05) is 11.6 Å². The molecule has 0 heterocycles. The average Bonchev–Trinajstić information content (AvgIpc) is 2.20. The van der Waals surface area contributed by atoms with Crippen LogP contribution < -0.4 is 4.74 Å². The number of halogens is 1. The summed E-state index contributed by atoms with van der Waals surface area (Å²) in [5.74, 6) is 0.819. The second-order valence-corrected chi connectivity index (χ2v) is 3.62. The zero-order valence-electron chi connectivity index (χ0n) is 8.51. The lowest BCUT2D eigenvalue weighted by Gasteiger charge is -2.09. The van der Waals surface area contributed by atoms with Gasteiger partial charge in [-0.1, -0.05) is 11.6 Å². The monoisotopic (exact) mass is 214 g/mol. The van der Waals surface area contributed by atoms with Gasteiger partial charge in [0.2, 0.25) is 0 Å². The fraction of sp³-hybridized carbons (Fsp3) is 0.455. The summed E-state index contributed by atoms with van der Waals surface area (Å²) < 4.78 is 5.15. The Morgan fingerprint density at radius 2 is 2.14 bits per heavy atom. The molecule has 0 unspecified atom stereocenters. The summed E-state index contributed by atoms with van der Waals surface area (Å²) in [5.41, 5.74) is 2.05. The maximum atomic E-state index is 8.74. The van der Waals surface area contributed by atoms with E-state index in [1.807, 2.05) is 19.1 Å². The largest absolute Gasteiger partial charge is 0.497 e. The second kappa shape index (κ2) is 5.23. The van der Waals surface area contributed by atoms with Crippen LogP contribution in [0.4, 0.5) is 0 Å². The summed E-state index contributed by atoms with van der Waals surface area (Å²) in [6, 6.07) is 3.83. The molecule has 2 nitrogen and oxygen atoms in total. The minimum Gasteiger partial charge on any atom is -0.497 e. The third kappa shape index (κ3) is 2.63. The molecular formula is C11H15ClO2. The molecular weight excluding hydrogens is 200 g/mol. The number of hydrogen-bond donors (Lipinski definition) is 1. The fourth-order valence-corrected chi connectivity index (χ4v) is 1.58. The van der Waals surface area contributed by atoms with Crippen LogP contribution in [0.2, 0.25) is 5.02 Å². The number of benzene rings is 1. The Morgan fingerprint density at radius 3 is 2.71 bits per heavy atom. The van der Waals surface area contributed by atoms with Crippen molar-refractivity contribution in [1.29, 1.82) is 0 Å². The van der Waals surface area contributed by atoms with E-state index in [0.717, 1.165) is 34.7 Å². The highest BCUT2D eigenvalue weighted by Crippen LogP contribution is 2.27. The van der Waals surface area contributed by atoms with E-state index < -0.39 is 0 Å². The van der Waals surface area contributed by atoms with E-state index in [2.05, 4.69) is 0 Å². The van der Waals surface area contributed by atoms with Gasteiger partial charge in [-0.2, -0.15) is 0 Å². The summed E-state index contributed by atoms with van der Waals surface area (Å²) in [4.78, 5) is 0. The van der Waals surface area contributed by atoms with Gasteiger partial charge in [-0.05, 0) is 43.0 Å². The first kappa shape index (κ1) is 11.3. The predicted molar refractivity (Wildman–Crippen MR) is 58.1 cm³/mol. The van der Waals surface area contributed by atoms with Gasteiger partial charge in [0.05, 0.1) is 7.11 Å². The van der Waals surface area contributed by atoms with E-state index in [1.54, 1.807) is 7.11 Å². The van der Waals surface area contributed by atoms with Crippen LogP contribution in [0.1, 0.15) is 17.5 Å². The summed E-state index contributed by atoms with van der Waals surface area (Å²) in [5, 5.41) is 9.52. The lowest BCUT2D eigenvalue weighted by molar-refractivity contribution is 0.288. The molecule has 0 aromatic heterocycles. The van der Waals surface area contributed by atoms with Gasteiger partial charge in [0.15, 0.2) is 0 Å². The molecule has 0 bridgehead atoms. The Hall–Kier alpha value is -0.730. The Labute approximate surface area is 89.5 Å². The standard InChI is InChI=1S/C11H15ClO2/c1-8-6-10(14-2)7-9(11(8)12)4-3-5-13/h6-7,13H,3-5H2,1-2H3. The zero-order valence-corrected chi connectivity index (χ0v) is 9.27. The minimum absolute atomic E-state index is 0.187. The number of ether oxygens (including phenoxy) is 1. The van der Waals surface area contributed by atoms with E-state index in [-0.39, 0.29) is 6.61 Å². The molecule has 0 saturated heterocycles. The smallest absolute Gasteiger partial charge is 0.119 e. The van der Waals surface area contributed by atoms with Crippen molar-refractivity contribution in [2.24, 2.45) is 0 Å². The topological polar surface area (TPSA) is 29.5 Å². The van der Waals surface area contributed by atoms with Gasteiger partial charge in [-0.25, -0.2) is 0 Å². The number of methoxy groups -OCH3 is 1. The normalized spacial score (nSPS) is 10.3. The second-order valence-electron chi connectivity index (χ2n) is 3.24. The van der Waals surface area contributed by atoms with Gasteiger partial charge in [-0.3, -0.25) is 0 Å². The number of aryl methyl sites for hydroxylation is 2. The molecule has 1 aromatic carbocycles. The van der Waals surface area contributed by atoms with Crippen LogP contribution in [-0.4, -0.2) is 18.8 Å². The first-order valence-electron chi connectivity index (χ1n) is 4.63. The Bertz CT molecular complexity index is 310. The molecule has 0 aliphatic carbocycles. The van der Waals surface area contributed by atoms with Crippen LogP contribution >= 0.6 is 11.6 Å². The van der Waals surface area contributed by atoms with Crippen LogP contribution in [-0.2, 0) is 6.42 Å². The third-order valence-corrected chi connectivity index (χ3v) is 2.68. The van der Waals surface area contributed by atoms with Gasteiger partial charge in [0.25, 0.3) is 0 Å². The van der Waals surface area contributed by atoms with E-state index >= 15 is 0 Å². The molecule has 3 heteroatoms. The van der Waals surface area contributed by atoms with Crippen LogP contribution in [0.15, 0.2) is 12.1 Å². The number of rotatable bonds is 4. The SMILES string of the molecule is COc1cc(C)c(Cl)c(CCCO)c1. The van der Waals surface area contributed by atoms with Gasteiger partial charge in [0.1, 0.15) is 5.75 Å². The highest BCUT2D eigenvalue weighted by atomic mass is 35.5. The molecule has 0 fully saturated rings. The minimum atomic E-state index is 0.187. The molecule has 1 N–H and O–H groups in total. The summed E-state index contributed by atoms with van der Waals surface area (Å²) in [7, 11) is 1.64.